The van der Waals surface area contributed by atoms with Crippen LogP contribution in [0.25, 0.3) is 0 Å². The van der Waals surface area contributed by atoms with Gasteiger partial charge in [0.15, 0.2) is 5.76 Å². The minimum absolute atomic E-state index is 0.201. The Labute approximate surface area is 163 Å². The Morgan fingerprint density at radius 2 is 1.93 bits per heavy atom. The van der Waals surface area contributed by atoms with Gasteiger partial charge in [-0.25, -0.2) is 0 Å². The summed E-state index contributed by atoms with van der Waals surface area (Å²) in [5, 5.41) is 5.67. The topological polar surface area (TPSA) is 74.6 Å². The Balaban J connectivity index is 1.61. The lowest BCUT2D eigenvalue weighted by Gasteiger charge is -2.19. The maximum Gasteiger partial charge on any atom is 0.287 e. The molecule has 1 aromatic heterocycles. The van der Waals surface area contributed by atoms with Crippen LogP contribution in [-0.4, -0.2) is 43.0 Å². The van der Waals surface area contributed by atoms with Gasteiger partial charge >= 0.3 is 0 Å². The van der Waals surface area contributed by atoms with Gasteiger partial charge in [0.05, 0.1) is 6.26 Å². The van der Waals surface area contributed by atoms with Crippen LogP contribution < -0.4 is 15.5 Å². The summed E-state index contributed by atoms with van der Waals surface area (Å²) in [5.41, 5.74) is 1.90. The van der Waals surface area contributed by atoms with E-state index in [0.29, 0.717) is 6.42 Å². The Morgan fingerprint density at radius 1 is 1.19 bits per heavy atom. The van der Waals surface area contributed by atoms with Crippen molar-refractivity contribution < 1.29 is 14.0 Å². The zero-order valence-corrected chi connectivity index (χ0v) is 16.3. The van der Waals surface area contributed by atoms with E-state index in [9.17, 15) is 9.59 Å². The molecule has 3 rings (SSSR count). The smallest absolute Gasteiger partial charge is 0.287 e. The number of thioether (sulfide) groups is 1. The van der Waals surface area contributed by atoms with Crippen molar-refractivity contribution >= 4 is 35.0 Å². The maximum atomic E-state index is 12.7. The summed E-state index contributed by atoms with van der Waals surface area (Å²) < 4.78 is 5.11. The third-order valence-electron chi connectivity index (χ3n) is 4.58. The molecule has 6 nitrogen and oxygen atoms in total. The highest BCUT2D eigenvalue weighted by Crippen LogP contribution is 2.22. The molecule has 0 bridgehead atoms. The van der Waals surface area contributed by atoms with E-state index in [0.717, 1.165) is 24.5 Å². The second-order valence-electron chi connectivity index (χ2n) is 6.52. The molecule has 2 heterocycles. The number of benzene rings is 1. The molecule has 144 valence electrons. The molecule has 1 aromatic carbocycles. The molecular formula is C20H25N3O3S. The molecule has 0 aliphatic carbocycles. The van der Waals surface area contributed by atoms with Crippen molar-refractivity contribution in [3.63, 3.8) is 0 Å². The summed E-state index contributed by atoms with van der Waals surface area (Å²) in [5.74, 6) is 0.361. The summed E-state index contributed by atoms with van der Waals surface area (Å²) in [4.78, 5) is 27.3. The number of amides is 2. The highest BCUT2D eigenvalue weighted by Gasteiger charge is 2.22. The van der Waals surface area contributed by atoms with E-state index in [1.807, 2.05) is 30.5 Å². The number of hydrogen-bond acceptors (Lipinski definition) is 5. The van der Waals surface area contributed by atoms with Crippen LogP contribution in [0.2, 0.25) is 0 Å². The summed E-state index contributed by atoms with van der Waals surface area (Å²) in [6.45, 7) is 2.17. The van der Waals surface area contributed by atoms with E-state index in [-0.39, 0.29) is 17.6 Å². The van der Waals surface area contributed by atoms with E-state index in [1.165, 1.54) is 24.8 Å². The number of anilines is 2. The maximum absolute atomic E-state index is 12.7. The van der Waals surface area contributed by atoms with E-state index < -0.39 is 6.04 Å². The molecule has 0 spiro atoms. The standard InChI is InChI=1S/C20H25N3O3S/c1-27-14-10-17(22-20(25)18-5-4-13-26-18)19(24)21-15-6-8-16(9-7-15)23-11-2-3-12-23/h4-9,13,17H,2-3,10-12,14H2,1H3,(H,21,24)(H,22,25). The monoisotopic (exact) mass is 387 g/mol. The van der Waals surface area contributed by atoms with Crippen molar-refractivity contribution in [3.05, 3.63) is 48.4 Å². The number of carbonyl (C=O) groups excluding carboxylic acids is 2. The molecule has 2 amide bonds. The van der Waals surface area contributed by atoms with Crippen LogP contribution in [-0.2, 0) is 4.79 Å². The van der Waals surface area contributed by atoms with Gasteiger partial charge in [-0.2, -0.15) is 11.8 Å². The van der Waals surface area contributed by atoms with Crippen LogP contribution in [0.15, 0.2) is 47.1 Å². The lowest BCUT2D eigenvalue weighted by atomic mass is 10.2. The molecule has 7 heteroatoms. The lowest BCUT2D eigenvalue weighted by molar-refractivity contribution is -0.118. The molecule has 2 N–H and O–H groups in total. The van der Waals surface area contributed by atoms with Crippen LogP contribution >= 0.6 is 11.8 Å². The Kier molecular flexibility index (Phi) is 6.81. The van der Waals surface area contributed by atoms with Gasteiger partial charge in [0.25, 0.3) is 5.91 Å². The lowest BCUT2D eigenvalue weighted by Crippen LogP contribution is -2.44. The highest BCUT2D eigenvalue weighted by atomic mass is 32.2. The third-order valence-corrected chi connectivity index (χ3v) is 5.23. The zero-order chi connectivity index (χ0) is 19.1. The molecule has 27 heavy (non-hydrogen) atoms. The van der Waals surface area contributed by atoms with Crippen molar-refractivity contribution in [1.29, 1.82) is 0 Å². The molecule has 1 saturated heterocycles. The van der Waals surface area contributed by atoms with Gasteiger partial charge in [0.2, 0.25) is 5.91 Å². The number of hydrogen-bond donors (Lipinski definition) is 2. The van der Waals surface area contributed by atoms with Crippen LogP contribution in [0.3, 0.4) is 0 Å². The average Bonchev–Trinajstić information content (AvgIpc) is 3.39. The molecule has 0 saturated carbocycles. The van der Waals surface area contributed by atoms with Crippen molar-refractivity contribution in [2.75, 3.05) is 35.3 Å². The SMILES string of the molecule is CSCCC(NC(=O)c1ccco1)C(=O)Nc1ccc(N2CCCC2)cc1. The summed E-state index contributed by atoms with van der Waals surface area (Å²) in [7, 11) is 0. The van der Waals surface area contributed by atoms with Gasteiger partial charge in [0.1, 0.15) is 6.04 Å². The van der Waals surface area contributed by atoms with E-state index >= 15 is 0 Å². The van der Waals surface area contributed by atoms with Gasteiger partial charge in [-0.15, -0.1) is 0 Å². The molecular weight excluding hydrogens is 362 g/mol. The van der Waals surface area contributed by atoms with Gasteiger partial charge in [0, 0.05) is 24.5 Å². The predicted molar refractivity (Wildman–Crippen MR) is 109 cm³/mol. The number of nitrogens with zero attached hydrogens (tertiary/aromatic N) is 1. The first-order valence-electron chi connectivity index (χ1n) is 9.16. The molecule has 0 radical (unpaired) electrons. The molecule has 1 aliphatic rings. The second kappa shape index (κ2) is 9.50. The minimum Gasteiger partial charge on any atom is -0.459 e. The third kappa shape index (κ3) is 5.29. The minimum atomic E-state index is -0.617. The highest BCUT2D eigenvalue weighted by molar-refractivity contribution is 7.98. The molecule has 1 aliphatic heterocycles. The fourth-order valence-corrected chi connectivity index (χ4v) is 3.57. The second-order valence-corrected chi connectivity index (χ2v) is 7.50. The molecule has 1 atom stereocenters. The quantitative estimate of drug-likeness (QED) is 0.726. The Hall–Kier alpha value is -2.41. The molecule has 1 fully saturated rings. The fraction of sp³-hybridized carbons (Fsp3) is 0.400. The predicted octanol–water partition coefficient (Wildman–Crippen LogP) is 3.37. The van der Waals surface area contributed by atoms with Crippen molar-refractivity contribution in [2.24, 2.45) is 0 Å². The van der Waals surface area contributed by atoms with Crippen molar-refractivity contribution in [1.82, 2.24) is 5.32 Å². The number of rotatable bonds is 8. The first-order valence-corrected chi connectivity index (χ1v) is 10.6. The average molecular weight is 388 g/mol. The number of furan rings is 1. The Morgan fingerprint density at radius 3 is 2.56 bits per heavy atom. The van der Waals surface area contributed by atoms with Gasteiger partial charge < -0.3 is 20.0 Å². The number of nitrogens with one attached hydrogen (secondary N) is 2. The summed E-state index contributed by atoms with van der Waals surface area (Å²) in [6.07, 6.45) is 6.41. The van der Waals surface area contributed by atoms with Gasteiger partial charge in [-0.05, 0) is 67.7 Å². The van der Waals surface area contributed by atoms with Crippen LogP contribution in [0.5, 0.6) is 0 Å². The van der Waals surface area contributed by atoms with Crippen LogP contribution in [0.4, 0.5) is 11.4 Å². The van der Waals surface area contributed by atoms with E-state index in [2.05, 4.69) is 15.5 Å². The fourth-order valence-electron chi connectivity index (χ4n) is 3.10. The zero-order valence-electron chi connectivity index (χ0n) is 15.4. The van der Waals surface area contributed by atoms with Gasteiger partial charge in [-0.3, -0.25) is 9.59 Å². The summed E-state index contributed by atoms with van der Waals surface area (Å²) >= 11 is 1.63. The van der Waals surface area contributed by atoms with Crippen molar-refractivity contribution in [3.8, 4) is 0 Å². The van der Waals surface area contributed by atoms with Gasteiger partial charge in [-0.1, -0.05) is 0 Å². The molecule has 2 aromatic rings. The van der Waals surface area contributed by atoms with Crippen LogP contribution in [0, 0.1) is 0 Å². The molecule has 1 unspecified atom stereocenters. The van der Waals surface area contributed by atoms with Crippen LogP contribution in [0.1, 0.15) is 29.8 Å². The van der Waals surface area contributed by atoms with E-state index in [4.69, 9.17) is 4.42 Å². The summed E-state index contributed by atoms with van der Waals surface area (Å²) in [6, 6.07) is 10.5. The normalized spacial score (nSPS) is 14.8. The van der Waals surface area contributed by atoms with Crippen molar-refractivity contribution in [2.45, 2.75) is 25.3 Å². The first kappa shape index (κ1) is 19.4. The van der Waals surface area contributed by atoms with E-state index in [1.54, 1.807) is 23.9 Å². The first-order chi connectivity index (χ1) is 13.2. The largest absolute Gasteiger partial charge is 0.459 e. The Bertz CT molecular complexity index is 740. The number of carbonyl (C=O) groups is 2.